The molecule has 4 heterocycles. The van der Waals surface area contributed by atoms with Crippen LogP contribution in [-0.2, 0) is 49.0 Å². The van der Waals surface area contributed by atoms with Crippen LogP contribution in [0.3, 0.4) is 0 Å². The van der Waals surface area contributed by atoms with Gasteiger partial charge in [0.15, 0.2) is 5.71 Å². The molecular formula is C73H97FN11O8+. The number of aromatic nitrogens is 2. The minimum atomic E-state index is -0.644. The smallest absolute Gasteiger partial charge is 0.239 e. The number of nitrogens with zero attached hydrogens (tertiary/aromatic N) is 8. The summed E-state index contributed by atoms with van der Waals surface area (Å²) in [7, 11) is 5.40. The number of nitrogens with one attached hydrogen (secondary N) is 2. The summed E-state index contributed by atoms with van der Waals surface area (Å²) < 4.78 is 33.8. The third-order valence-corrected chi connectivity index (χ3v) is 17.8. The Morgan fingerprint density at radius 3 is 1.95 bits per heavy atom. The number of nitrogens with two attached hydrogens (primary N) is 1. The van der Waals surface area contributed by atoms with Crippen molar-refractivity contribution in [3.8, 4) is 11.3 Å². The second kappa shape index (κ2) is 33.0. The number of rotatable bonds is 33. The highest BCUT2D eigenvalue weighted by Gasteiger charge is 2.43. The molecule has 3 aliphatic rings. The number of para-hydroxylation sites is 2. The zero-order valence-corrected chi connectivity index (χ0v) is 56.1. The Kier molecular flexibility index (Phi) is 25.0. The number of amides is 5. The summed E-state index contributed by atoms with van der Waals surface area (Å²) in [6.07, 6.45) is 15.3. The molecule has 19 nitrogen and oxygen atoms in total. The first-order valence-corrected chi connectivity index (χ1v) is 32.8. The number of halogens is 1. The third-order valence-electron chi connectivity index (χ3n) is 17.8. The van der Waals surface area contributed by atoms with E-state index in [0.717, 1.165) is 36.8 Å². The average molecular weight is 1280 g/mol. The van der Waals surface area contributed by atoms with Gasteiger partial charge in [-0.3, -0.25) is 24.0 Å². The van der Waals surface area contributed by atoms with Crippen LogP contribution in [0, 0.1) is 11.2 Å². The first-order valence-electron chi connectivity index (χ1n) is 32.8. The molecule has 0 atom stereocenters. The van der Waals surface area contributed by atoms with Gasteiger partial charge in [-0.2, -0.15) is 9.56 Å². The molecule has 0 radical (unpaired) electrons. The number of carbonyl (C=O) groups is 5. The third kappa shape index (κ3) is 18.9. The molecule has 4 N–H and O–H groups in total. The van der Waals surface area contributed by atoms with E-state index in [1.54, 1.807) is 37.2 Å². The summed E-state index contributed by atoms with van der Waals surface area (Å²) in [4.78, 5) is 83.2. The lowest BCUT2D eigenvalue weighted by Gasteiger charge is -2.37. The molecule has 93 heavy (non-hydrogen) atoms. The van der Waals surface area contributed by atoms with E-state index >= 15 is 0 Å². The highest BCUT2D eigenvalue weighted by atomic mass is 19.1. The SMILES string of the molecule is CN(CC(=O)NCCCOCCOCCOCCCNC(=O)CN(C)C(=O)CC(C)(C)CC(=O)N1CCN(c2cc(-c3ccc(F)c4ccccc34)nc(N)n2)CC1)C(=O)CCCCCN1\C(=C/C=C/C=C/C2=[N+](C)c3ccccc3C2(C)C)C(C)(C)c2ccccc21. The second-order valence-corrected chi connectivity index (χ2v) is 26.2. The molecule has 1 fully saturated rings. The maximum Gasteiger partial charge on any atom is 0.239 e. The molecule has 1 aromatic heterocycles. The van der Waals surface area contributed by atoms with Crippen LogP contribution >= 0.6 is 0 Å². The molecular weight excluding hydrogens is 1180 g/mol. The van der Waals surface area contributed by atoms with Gasteiger partial charge in [0.05, 0.1) is 50.6 Å². The molecule has 498 valence electrons. The van der Waals surface area contributed by atoms with Crippen LogP contribution in [-0.4, -0.2) is 184 Å². The van der Waals surface area contributed by atoms with Gasteiger partial charge in [0.2, 0.25) is 41.2 Å². The van der Waals surface area contributed by atoms with Gasteiger partial charge in [-0.1, -0.05) is 113 Å². The topological polar surface area (TPSA) is 208 Å². The molecule has 5 amide bonds. The van der Waals surface area contributed by atoms with E-state index in [4.69, 9.17) is 19.9 Å². The number of likely N-dealkylation sites (N-methyl/N-ethyl adjacent to an activating group) is 2. The number of unbranched alkanes of at least 4 members (excludes halogenated alkanes) is 2. The minimum absolute atomic E-state index is 0.00476. The molecule has 4 aromatic carbocycles. The molecule has 5 aromatic rings. The highest BCUT2D eigenvalue weighted by Crippen LogP contribution is 2.48. The van der Waals surface area contributed by atoms with E-state index in [1.165, 1.54) is 49.8 Å². The van der Waals surface area contributed by atoms with Crippen molar-refractivity contribution in [3.05, 3.63) is 144 Å². The standard InChI is InChI=1S/C73H96FN11O8/c1-71(2,50-69(90)84-40-38-83(39-41-84)64-48-59(78-70(75)79-64)55-33-34-58(74)54-25-16-15-24-53(54)55)49-68(89)81(8)52-66(87)77-36-23-43-92-45-47-93-46-44-91-42-22-35-76-65(86)51-80(7)67(88)32-14-11-21-37-85-61-29-20-18-27-57(61)73(5,6)63(85)31-13-10-12-30-62-72(3,4)56-26-17-19-28-60(56)82(62)9/h10,12-13,15-20,24-31,33-34,48H,11,14,21-23,32,35-47,49-52H2,1-9H3,(H3-,75,76,77,78,79,86,87)/p+1. The Bertz CT molecular complexity index is 3550. The molecule has 0 saturated carbocycles. The molecule has 0 bridgehead atoms. The van der Waals surface area contributed by atoms with E-state index in [9.17, 15) is 28.4 Å². The van der Waals surface area contributed by atoms with E-state index < -0.39 is 5.41 Å². The lowest BCUT2D eigenvalue weighted by molar-refractivity contribution is -0.401. The molecule has 3 aliphatic heterocycles. The fourth-order valence-corrected chi connectivity index (χ4v) is 12.6. The fourth-order valence-electron chi connectivity index (χ4n) is 12.6. The van der Waals surface area contributed by atoms with Crippen LogP contribution in [0.5, 0.6) is 0 Å². The molecule has 20 heteroatoms. The Morgan fingerprint density at radius 2 is 1.28 bits per heavy atom. The van der Waals surface area contributed by atoms with Crippen molar-refractivity contribution in [2.45, 2.75) is 104 Å². The van der Waals surface area contributed by atoms with Gasteiger partial charge >= 0.3 is 0 Å². The van der Waals surface area contributed by atoms with Crippen LogP contribution in [0.2, 0.25) is 0 Å². The lowest BCUT2D eigenvalue weighted by atomic mass is 9.81. The van der Waals surface area contributed by atoms with Crippen molar-refractivity contribution in [2.75, 3.05) is 135 Å². The zero-order chi connectivity index (χ0) is 66.7. The lowest BCUT2D eigenvalue weighted by Crippen LogP contribution is -2.50. The number of piperazine rings is 1. The quantitative estimate of drug-likeness (QED) is 0.0203. The van der Waals surface area contributed by atoms with E-state index in [2.05, 4.69) is 149 Å². The number of fused-ring (bicyclic) bond motifs is 3. The van der Waals surface area contributed by atoms with Gasteiger partial charge in [-0.25, -0.2) is 9.37 Å². The number of hydrogen-bond acceptors (Lipinski definition) is 13. The number of benzene rings is 4. The summed E-state index contributed by atoms with van der Waals surface area (Å²) >= 11 is 0. The van der Waals surface area contributed by atoms with Crippen molar-refractivity contribution in [1.29, 1.82) is 0 Å². The Morgan fingerprint density at radius 1 is 0.677 bits per heavy atom. The molecule has 1 saturated heterocycles. The number of nitrogen functional groups attached to an aromatic ring is 1. The van der Waals surface area contributed by atoms with E-state index in [-0.39, 0.29) is 78.1 Å². The van der Waals surface area contributed by atoms with E-state index in [1.807, 2.05) is 32.0 Å². The summed E-state index contributed by atoms with van der Waals surface area (Å²) in [5, 5.41) is 6.94. The number of allylic oxidation sites excluding steroid dienone is 6. The van der Waals surface area contributed by atoms with Gasteiger partial charge in [0, 0.05) is 144 Å². The summed E-state index contributed by atoms with van der Waals surface area (Å²) in [5.74, 6) is -0.407. The molecule has 0 aliphatic carbocycles. The maximum atomic E-state index is 14.6. The number of carbonyl (C=O) groups excluding carboxylic acids is 5. The summed E-state index contributed by atoms with van der Waals surface area (Å²) in [6, 6.07) is 29.4. The van der Waals surface area contributed by atoms with Gasteiger partial charge in [-0.15, -0.1) is 0 Å². The van der Waals surface area contributed by atoms with Crippen LogP contribution in [0.4, 0.5) is 27.5 Å². The highest BCUT2D eigenvalue weighted by molar-refractivity contribution is 6.03. The Labute approximate surface area is 548 Å². The number of ether oxygens (including phenoxy) is 3. The van der Waals surface area contributed by atoms with Gasteiger partial charge < -0.3 is 55.1 Å². The fraction of sp³-hybridized carbons (Fsp3) is 0.479. The first-order chi connectivity index (χ1) is 44.5. The minimum Gasteiger partial charge on any atom is -0.379 e. The van der Waals surface area contributed by atoms with Gasteiger partial charge in [0.25, 0.3) is 0 Å². The molecule has 0 spiro atoms. The van der Waals surface area contributed by atoms with E-state index in [0.29, 0.717) is 115 Å². The molecule has 8 rings (SSSR count). The van der Waals surface area contributed by atoms with Crippen molar-refractivity contribution >= 4 is 69.2 Å². The number of anilines is 3. The van der Waals surface area contributed by atoms with Crippen LogP contribution in [0.15, 0.2) is 127 Å². The monoisotopic (exact) mass is 1270 g/mol. The van der Waals surface area contributed by atoms with Crippen molar-refractivity contribution in [3.63, 3.8) is 0 Å². The van der Waals surface area contributed by atoms with Gasteiger partial charge in [0.1, 0.15) is 18.7 Å². The maximum absolute atomic E-state index is 14.6. The first kappa shape index (κ1) is 70.5. The van der Waals surface area contributed by atoms with Crippen molar-refractivity contribution < 1.29 is 47.1 Å². The van der Waals surface area contributed by atoms with Crippen LogP contribution in [0.1, 0.15) is 104 Å². The van der Waals surface area contributed by atoms with Crippen molar-refractivity contribution in [2.24, 2.45) is 5.41 Å². The normalized spacial score (nSPS) is 15.6. The predicted molar refractivity (Wildman–Crippen MR) is 366 cm³/mol. The predicted octanol–water partition coefficient (Wildman–Crippen LogP) is 9.51. The van der Waals surface area contributed by atoms with Crippen LogP contribution < -0.4 is 26.2 Å². The number of hydrogen-bond donors (Lipinski definition) is 3. The second-order valence-electron chi connectivity index (χ2n) is 26.2. The zero-order valence-electron chi connectivity index (χ0n) is 56.1. The van der Waals surface area contributed by atoms with Crippen molar-refractivity contribution in [1.82, 2.24) is 35.3 Å². The van der Waals surface area contributed by atoms with Gasteiger partial charge in [-0.05, 0) is 80.2 Å². The summed E-state index contributed by atoms with van der Waals surface area (Å²) in [5.41, 5.74) is 14.3. The molecule has 0 unspecified atom stereocenters. The average Bonchev–Trinajstić information content (AvgIpc) is 1.59. The Balaban J connectivity index is 0.603. The largest absolute Gasteiger partial charge is 0.379 e. The Hall–Kier alpha value is -8.33. The summed E-state index contributed by atoms with van der Waals surface area (Å²) in [6.45, 7) is 18.9. The van der Waals surface area contributed by atoms with Crippen LogP contribution in [0.25, 0.3) is 22.0 Å².